The van der Waals surface area contributed by atoms with E-state index in [-0.39, 0.29) is 11.6 Å². The summed E-state index contributed by atoms with van der Waals surface area (Å²) in [5, 5.41) is 2.67. The van der Waals surface area contributed by atoms with Gasteiger partial charge < -0.3 is 14.8 Å². The van der Waals surface area contributed by atoms with Crippen molar-refractivity contribution in [3.05, 3.63) is 29.6 Å². The lowest BCUT2D eigenvalue weighted by Crippen LogP contribution is -2.48. The Hall–Kier alpha value is -1.62. The highest BCUT2D eigenvalue weighted by molar-refractivity contribution is 5.95. The van der Waals surface area contributed by atoms with Crippen molar-refractivity contribution in [2.45, 2.75) is 6.04 Å². The van der Waals surface area contributed by atoms with E-state index in [4.69, 9.17) is 9.47 Å². The SMILES string of the molecule is COc1ccc(F)c(C(=O)NC2COC2)c1. The second kappa shape index (κ2) is 4.49. The Morgan fingerprint density at radius 1 is 1.56 bits per heavy atom. The summed E-state index contributed by atoms with van der Waals surface area (Å²) in [5.41, 5.74) is -0.00810. The molecular weight excluding hydrogens is 213 g/mol. The van der Waals surface area contributed by atoms with Crippen molar-refractivity contribution in [2.75, 3.05) is 20.3 Å². The third kappa shape index (κ3) is 2.14. The van der Waals surface area contributed by atoms with Gasteiger partial charge in [0.25, 0.3) is 5.91 Å². The van der Waals surface area contributed by atoms with Crippen LogP contribution in [-0.2, 0) is 4.74 Å². The first kappa shape index (κ1) is 10.9. The average Bonchev–Trinajstić information content (AvgIpc) is 2.24. The molecule has 0 atom stereocenters. The number of carbonyl (C=O) groups excluding carboxylic acids is 1. The summed E-state index contributed by atoms with van der Waals surface area (Å²) in [6.07, 6.45) is 0. The molecule has 0 radical (unpaired) electrons. The van der Waals surface area contributed by atoms with E-state index in [9.17, 15) is 9.18 Å². The zero-order valence-electron chi connectivity index (χ0n) is 8.83. The van der Waals surface area contributed by atoms with Crippen molar-refractivity contribution < 1.29 is 18.7 Å². The fourth-order valence-corrected chi connectivity index (χ4v) is 1.39. The van der Waals surface area contributed by atoms with Crippen LogP contribution in [0.3, 0.4) is 0 Å². The van der Waals surface area contributed by atoms with Gasteiger partial charge >= 0.3 is 0 Å². The number of nitrogens with one attached hydrogen (secondary N) is 1. The van der Waals surface area contributed by atoms with E-state index in [0.29, 0.717) is 19.0 Å². The Balaban J connectivity index is 2.13. The summed E-state index contributed by atoms with van der Waals surface area (Å²) in [7, 11) is 1.47. The molecule has 1 saturated heterocycles. The molecule has 1 amide bonds. The molecule has 86 valence electrons. The van der Waals surface area contributed by atoms with Crippen molar-refractivity contribution in [1.29, 1.82) is 0 Å². The summed E-state index contributed by atoms with van der Waals surface area (Å²) in [6.45, 7) is 0.967. The maximum atomic E-state index is 13.4. The van der Waals surface area contributed by atoms with Crippen molar-refractivity contribution in [2.24, 2.45) is 0 Å². The molecule has 16 heavy (non-hydrogen) atoms. The summed E-state index contributed by atoms with van der Waals surface area (Å²) in [4.78, 5) is 11.7. The second-order valence-electron chi connectivity index (χ2n) is 3.55. The molecule has 5 heteroatoms. The molecule has 0 aliphatic carbocycles. The Morgan fingerprint density at radius 3 is 2.88 bits per heavy atom. The van der Waals surface area contributed by atoms with E-state index in [1.807, 2.05) is 0 Å². The van der Waals surface area contributed by atoms with Gasteiger partial charge in [-0.1, -0.05) is 0 Å². The lowest BCUT2D eigenvalue weighted by atomic mass is 10.1. The highest BCUT2D eigenvalue weighted by atomic mass is 19.1. The standard InChI is InChI=1S/C11H12FNO3/c1-15-8-2-3-10(12)9(4-8)11(14)13-7-5-16-6-7/h2-4,7H,5-6H2,1H3,(H,13,14). The van der Waals surface area contributed by atoms with Crippen LogP contribution in [0.4, 0.5) is 4.39 Å². The summed E-state index contributed by atoms with van der Waals surface area (Å²) >= 11 is 0. The van der Waals surface area contributed by atoms with Crippen LogP contribution in [0, 0.1) is 5.82 Å². The van der Waals surface area contributed by atoms with Gasteiger partial charge in [-0.25, -0.2) is 4.39 Å². The first-order chi connectivity index (χ1) is 7.70. The molecule has 4 nitrogen and oxygen atoms in total. The van der Waals surface area contributed by atoms with Crippen molar-refractivity contribution in [3.8, 4) is 5.75 Å². The van der Waals surface area contributed by atoms with Crippen LogP contribution in [0.5, 0.6) is 5.75 Å². The van der Waals surface area contributed by atoms with Gasteiger partial charge in [0, 0.05) is 0 Å². The third-order valence-corrected chi connectivity index (χ3v) is 2.39. The Morgan fingerprint density at radius 2 is 2.31 bits per heavy atom. The van der Waals surface area contributed by atoms with Crippen molar-refractivity contribution >= 4 is 5.91 Å². The smallest absolute Gasteiger partial charge is 0.254 e. The van der Waals surface area contributed by atoms with Gasteiger partial charge in [-0.3, -0.25) is 4.79 Å². The van der Waals surface area contributed by atoms with Crippen LogP contribution < -0.4 is 10.1 Å². The Kier molecular flexibility index (Phi) is 3.05. The van der Waals surface area contributed by atoms with Gasteiger partial charge in [0.2, 0.25) is 0 Å². The van der Waals surface area contributed by atoms with Crippen LogP contribution in [0.2, 0.25) is 0 Å². The topological polar surface area (TPSA) is 47.6 Å². The third-order valence-electron chi connectivity index (χ3n) is 2.39. The van der Waals surface area contributed by atoms with E-state index in [1.54, 1.807) is 0 Å². The minimum atomic E-state index is -0.557. The number of hydrogen-bond acceptors (Lipinski definition) is 3. The van der Waals surface area contributed by atoms with Crippen LogP contribution in [0.25, 0.3) is 0 Å². The highest BCUT2D eigenvalue weighted by Crippen LogP contribution is 2.16. The summed E-state index contributed by atoms with van der Waals surface area (Å²) < 4.78 is 23.2. The molecule has 1 N–H and O–H groups in total. The molecule has 1 heterocycles. The highest BCUT2D eigenvalue weighted by Gasteiger charge is 2.22. The average molecular weight is 225 g/mol. The van der Waals surface area contributed by atoms with E-state index in [2.05, 4.69) is 5.32 Å². The Bertz CT molecular complexity index is 404. The Labute approximate surface area is 92.4 Å². The largest absolute Gasteiger partial charge is 0.497 e. The minimum absolute atomic E-state index is 0.00810. The maximum absolute atomic E-state index is 13.4. The number of hydrogen-bond donors (Lipinski definition) is 1. The van der Waals surface area contributed by atoms with E-state index in [0.717, 1.165) is 0 Å². The molecule has 1 fully saturated rings. The van der Waals surface area contributed by atoms with Gasteiger partial charge in [-0.2, -0.15) is 0 Å². The molecule has 0 saturated carbocycles. The van der Waals surface area contributed by atoms with Crippen molar-refractivity contribution in [1.82, 2.24) is 5.32 Å². The first-order valence-electron chi connectivity index (χ1n) is 4.93. The lowest BCUT2D eigenvalue weighted by molar-refractivity contribution is -0.00353. The molecular formula is C11H12FNO3. The fraction of sp³-hybridized carbons (Fsp3) is 0.364. The number of halogens is 1. The van der Waals surface area contributed by atoms with Gasteiger partial charge in [-0.15, -0.1) is 0 Å². The number of amides is 1. The van der Waals surface area contributed by atoms with Crippen LogP contribution in [0.15, 0.2) is 18.2 Å². The van der Waals surface area contributed by atoms with Crippen LogP contribution >= 0.6 is 0 Å². The molecule has 1 aliphatic rings. The fourth-order valence-electron chi connectivity index (χ4n) is 1.39. The van der Waals surface area contributed by atoms with Crippen LogP contribution in [-0.4, -0.2) is 32.3 Å². The molecule has 2 rings (SSSR count). The van der Waals surface area contributed by atoms with Gasteiger partial charge in [0.15, 0.2) is 0 Å². The van der Waals surface area contributed by atoms with Gasteiger partial charge in [0.05, 0.1) is 31.9 Å². The maximum Gasteiger partial charge on any atom is 0.254 e. The number of carbonyl (C=O) groups is 1. The number of methoxy groups -OCH3 is 1. The summed E-state index contributed by atoms with van der Waals surface area (Å²) in [5.74, 6) is -0.542. The van der Waals surface area contributed by atoms with E-state index >= 15 is 0 Å². The molecule has 1 aromatic carbocycles. The van der Waals surface area contributed by atoms with E-state index < -0.39 is 11.7 Å². The number of ether oxygens (including phenoxy) is 2. The monoisotopic (exact) mass is 225 g/mol. The number of benzene rings is 1. The quantitative estimate of drug-likeness (QED) is 0.833. The molecule has 0 aromatic heterocycles. The molecule has 0 spiro atoms. The molecule has 0 unspecified atom stereocenters. The van der Waals surface area contributed by atoms with Crippen LogP contribution in [0.1, 0.15) is 10.4 Å². The van der Waals surface area contributed by atoms with Crippen molar-refractivity contribution in [3.63, 3.8) is 0 Å². The molecule has 0 bridgehead atoms. The lowest BCUT2D eigenvalue weighted by Gasteiger charge is -2.26. The molecule has 1 aromatic rings. The van der Waals surface area contributed by atoms with Gasteiger partial charge in [0.1, 0.15) is 11.6 Å². The predicted octanol–water partition coefficient (Wildman–Crippen LogP) is 0.963. The molecule has 1 aliphatic heterocycles. The second-order valence-corrected chi connectivity index (χ2v) is 3.55. The zero-order valence-corrected chi connectivity index (χ0v) is 8.83. The van der Waals surface area contributed by atoms with E-state index in [1.165, 1.54) is 25.3 Å². The normalized spacial score (nSPS) is 15.4. The summed E-state index contributed by atoms with van der Waals surface area (Å²) in [6, 6.07) is 4.05. The van der Waals surface area contributed by atoms with Gasteiger partial charge in [-0.05, 0) is 18.2 Å². The zero-order chi connectivity index (χ0) is 11.5. The number of rotatable bonds is 3. The predicted molar refractivity (Wildman–Crippen MR) is 55.0 cm³/mol. The minimum Gasteiger partial charge on any atom is -0.497 e. The first-order valence-corrected chi connectivity index (χ1v) is 4.93.